The molecule has 10 atom stereocenters. The summed E-state index contributed by atoms with van der Waals surface area (Å²) in [6.45, 7) is 0.319. The number of carbonyl (C=O) groups excluding carboxylic acids is 4. The Morgan fingerprint density at radius 3 is 2.23 bits per heavy atom. The maximum atomic E-state index is 14.3. The summed E-state index contributed by atoms with van der Waals surface area (Å²) in [5.74, 6) is -6.65. The van der Waals surface area contributed by atoms with Crippen LogP contribution in [0.15, 0.2) is 43.0 Å². The Hall–Kier alpha value is -3.60. The standard InChI is InChI=1S/C33H40N2O9/c36-29(21-5-1-2-6-22(21)30(37)35-14-13-34-18-35)25-16-20(32(40)42-17-19-9-11-27-28(15-19)43-27)10-12-26(25)44-33(41)24-8-4-3-7-23(24)31(38)39/h1-4,13-14,18-28H,5-12,15-17H2,(H,38,39). The summed E-state index contributed by atoms with van der Waals surface area (Å²) in [4.78, 5) is 70.2. The van der Waals surface area contributed by atoms with Gasteiger partial charge in [-0.3, -0.25) is 28.5 Å². The third kappa shape index (κ3) is 6.57. The largest absolute Gasteiger partial charge is 0.481 e. The average Bonchev–Trinajstić information content (AvgIpc) is 3.61. The number of hydrogen-bond donors (Lipinski definition) is 1. The molecular weight excluding hydrogens is 568 g/mol. The molecule has 5 aliphatic rings. The van der Waals surface area contributed by atoms with E-state index in [1.807, 2.05) is 12.2 Å². The molecule has 0 bridgehead atoms. The third-order valence-electron chi connectivity index (χ3n) is 10.3. The molecule has 10 unspecified atom stereocenters. The molecule has 6 rings (SSSR count). The monoisotopic (exact) mass is 608 g/mol. The molecule has 3 fully saturated rings. The van der Waals surface area contributed by atoms with Gasteiger partial charge >= 0.3 is 17.9 Å². The van der Waals surface area contributed by atoms with Crippen LogP contribution in [0.2, 0.25) is 0 Å². The van der Waals surface area contributed by atoms with Crippen LogP contribution in [-0.4, -0.2) is 69.2 Å². The number of rotatable bonds is 9. The number of hydrogen-bond acceptors (Lipinski definition) is 9. The highest BCUT2D eigenvalue weighted by atomic mass is 16.6. The van der Waals surface area contributed by atoms with Gasteiger partial charge in [-0.25, -0.2) is 4.98 Å². The van der Waals surface area contributed by atoms with Crippen molar-refractivity contribution in [2.75, 3.05) is 6.61 Å². The second-order valence-corrected chi connectivity index (χ2v) is 13.0. The second-order valence-electron chi connectivity index (χ2n) is 13.0. The van der Waals surface area contributed by atoms with E-state index in [1.165, 1.54) is 17.1 Å². The topological polar surface area (TPSA) is 154 Å². The molecule has 0 radical (unpaired) electrons. The van der Waals surface area contributed by atoms with Crippen molar-refractivity contribution in [1.82, 2.24) is 9.55 Å². The van der Waals surface area contributed by atoms with Gasteiger partial charge in [0.15, 0.2) is 0 Å². The van der Waals surface area contributed by atoms with Crippen molar-refractivity contribution in [3.8, 4) is 0 Å². The molecule has 0 aromatic carbocycles. The number of ketones is 1. The highest BCUT2D eigenvalue weighted by Crippen LogP contribution is 2.41. The Morgan fingerprint density at radius 1 is 0.795 bits per heavy atom. The fourth-order valence-corrected chi connectivity index (χ4v) is 7.59. The number of carbonyl (C=O) groups is 5. The summed E-state index contributed by atoms with van der Waals surface area (Å²) in [6, 6.07) is 0. The number of Topliss-reactive ketones (excluding diaryl/α,β-unsaturated/α-hetero) is 1. The fourth-order valence-electron chi connectivity index (χ4n) is 7.59. The molecule has 2 heterocycles. The number of aliphatic carboxylic acids is 1. The predicted octanol–water partition coefficient (Wildman–Crippen LogP) is 3.78. The Bertz CT molecular complexity index is 1320. The maximum Gasteiger partial charge on any atom is 0.310 e. The van der Waals surface area contributed by atoms with Crippen LogP contribution < -0.4 is 0 Å². The van der Waals surface area contributed by atoms with Crippen LogP contribution in [0.4, 0.5) is 0 Å². The first-order chi connectivity index (χ1) is 21.3. The third-order valence-corrected chi connectivity index (χ3v) is 10.3. The molecule has 236 valence electrons. The van der Waals surface area contributed by atoms with Crippen molar-refractivity contribution in [3.05, 3.63) is 43.0 Å². The van der Waals surface area contributed by atoms with Crippen molar-refractivity contribution in [1.29, 1.82) is 0 Å². The predicted molar refractivity (Wildman–Crippen MR) is 154 cm³/mol. The summed E-state index contributed by atoms with van der Waals surface area (Å²) in [5, 5.41) is 9.69. The highest BCUT2D eigenvalue weighted by Gasteiger charge is 2.48. The van der Waals surface area contributed by atoms with E-state index in [-0.39, 0.29) is 55.4 Å². The molecule has 4 aliphatic carbocycles. The maximum absolute atomic E-state index is 14.3. The summed E-state index contributed by atoms with van der Waals surface area (Å²) in [6.07, 6.45) is 16.5. The zero-order valence-electron chi connectivity index (χ0n) is 24.7. The number of carboxylic acids is 1. The number of epoxide rings is 1. The summed E-state index contributed by atoms with van der Waals surface area (Å²) < 4.78 is 18.7. The number of fused-ring (bicyclic) bond motifs is 1. The number of nitrogens with zero attached hydrogens (tertiary/aromatic N) is 2. The molecular formula is C33H40N2O9. The Labute approximate surface area is 256 Å². The minimum atomic E-state index is -1.06. The van der Waals surface area contributed by atoms with E-state index in [0.717, 1.165) is 19.3 Å². The summed E-state index contributed by atoms with van der Waals surface area (Å²) in [7, 11) is 0. The van der Waals surface area contributed by atoms with Gasteiger partial charge in [0.1, 0.15) is 18.2 Å². The van der Waals surface area contributed by atoms with Gasteiger partial charge in [-0.1, -0.05) is 24.3 Å². The number of imidazole rings is 1. The Balaban J connectivity index is 1.18. The SMILES string of the molecule is O=C(OCC1CCC2OC2C1)C1CCC(OC(=O)C2CC=CCC2C(=O)O)C(C(=O)C2CC=CCC2C(=O)n2ccnc2)C1. The van der Waals surface area contributed by atoms with Gasteiger partial charge in [0, 0.05) is 18.3 Å². The molecule has 0 amide bonds. The molecule has 11 nitrogen and oxygen atoms in total. The second kappa shape index (κ2) is 13.2. The van der Waals surface area contributed by atoms with Crippen molar-refractivity contribution >= 4 is 29.6 Å². The van der Waals surface area contributed by atoms with E-state index in [4.69, 9.17) is 14.2 Å². The summed E-state index contributed by atoms with van der Waals surface area (Å²) in [5.41, 5.74) is 0. The molecule has 2 saturated carbocycles. The summed E-state index contributed by atoms with van der Waals surface area (Å²) >= 11 is 0. The van der Waals surface area contributed by atoms with E-state index in [0.29, 0.717) is 32.0 Å². The van der Waals surface area contributed by atoms with Crippen LogP contribution >= 0.6 is 0 Å². The molecule has 1 saturated heterocycles. The molecule has 1 aliphatic heterocycles. The van der Waals surface area contributed by atoms with Gasteiger partial charge in [0.25, 0.3) is 0 Å². The van der Waals surface area contributed by atoms with E-state index >= 15 is 0 Å². The highest BCUT2D eigenvalue weighted by molar-refractivity contribution is 5.92. The Kier molecular flexibility index (Phi) is 9.11. The first-order valence-corrected chi connectivity index (χ1v) is 15.9. The lowest BCUT2D eigenvalue weighted by molar-refractivity contribution is -0.170. The van der Waals surface area contributed by atoms with Gasteiger partial charge in [-0.05, 0) is 70.1 Å². The van der Waals surface area contributed by atoms with E-state index in [9.17, 15) is 29.1 Å². The van der Waals surface area contributed by atoms with E-state index in [2.05, 4.69) is 4.98 Å². The Morgan fingerprint density at radius 2 is 1.52 bits per heavy atom. The average molecular weight is 609 g/mol. The first-order valence-electron chi connectivity index (χ1n) is 15.9. The van der Waals surface area contributed by atoms with Crippen molar-refractivity contribution in [2.24, 2.45) is 41.4 Å². The lowest BCUT2D eigenvalue weighted by Gasteiger charge is -2.38. The smallest absolute Gasteiger partial charge is 0.310 e. The van der Waals surface area contributed by atoms with E-state index < -0.39 is 53.6 Å². The van der Waals surface area contributed by atoms with Gasteiger partial charge < -0.3 is 19.3 Å². The number of carboxylic acid groups (broad SMARTS) is 1. The van der Waals surface area contributed by atoms with Crippen molar-refractivity contribution in [2.45, 2.75) is 82.5 Å². The molecule has 1 N–H and O–H groups in total. The van der Waals surface area contributed by atoms with Crippen LogP contribution in [0.5, 0.6) is 0 Å². The van der Waals surface area contributed by atoms with Crippen LogP contribution in [-0.2, 0) is 33.4 Å². The fraction of sp³-hybridized carbons (Fsp3) is 0.636. The number of ether oxygens (including phenoxy) is 3. The minimum absolute atomic E-state index is 0.146. The molecule has 44 heavy (non-hydrogen) atoms. The lowest BCUT2D eigenvalue weighted by Crippen LogP contribution is -2.46. The minimum Gasteiger partial charge on any atom is -0.481 e. The van der Waals surface area contributed by atoms with Crippen molar-refractivity contribution in [3.63, 3.8) is 0 Å². The molecule has 11 heteroatoms. The molecule has 1 aromatic heterocycles. The van der Waals surface area contributed by atoms with Crippen molar-refractivity contribution < 1.29 is 43.3 Å². The number of allylic oxidation sites excluding steroid dienone is 4. The zero-order valence-corrected chi connectivity index (χ0v) is 24.7. The normalized spacial score (nSPS) is 36.1. The van der Waals surface area contributed by atoms with Gasteiger partial charge in [-0.2, -0.15) is 0 Å². The van der Waals surface area contributed by atoms with Gasteiger partial charge in [0.2, 0.25) is 5.91 Å². The van der Waals surface area contributed by atoms with Gasteiger partial charge in [0.05, 0.1) is 48.4 Å². The van der Waals surface area contributed by atoms with Crippen LogP contribution in [0.3, 0.4) is 0 Å². The lowest BCUT2D eigenvalue weighted by atomic mass is 9.69. The van der Waals surface area contributed by atoms with Gasteiger partial charge in [-0.15, -0.1) is 0 Å². The quantitative estimate of drug-likeness (QED) is 0.249. The van der Waals surface area contributed by atoms with Crippen LogP contribution in [0.1, 0.15) is 69.0 Å². The first kappa shape index (κ1) is 30.4. The number of esters is 2. The molecule has 1 aromatic rings. The van der Waals surface area contributed by atoms with Crippen LogP contribution in [0.25, 0.3) is 0 Å². The van der Waals surface area contributed by atoms with E-state index in [1.54, 1.807) is 18.3 Å². The van der Waals surface area contributed by atoms with Crippen LogP contribution in [0, 0.1) is 41.4 Å². The zero-order chi connectivity index (χ0) is 30.8. The molecule has 0 spiro atoms. The number of aromatic nitrogens is 2.